The molecule has 2 fully saturated rings. The lowest BCUT2D eigenvalue weighted by atomic mass is 10.1. The van der Waals surface area contributed by atoms with Crippen LogP contribution in [0.2, 0.25) is 5.02 Å². The number of hydrogen-bond donors (Lipinski definition) is 1. The summed E-state index contributed by atoms with van der Waals surface area (Å²) in [4.78, 5) is 41.6. The average molecular weight is 482 g/mol. The third-order valence-corrected chi connectivity index (χ3v) is 7.88. The van der Waals surface area contributed by atoms with Gasteiger partial charge in [-0.05, 0) is 54.6 Å². The lowest BCUT2D eigenvalue weighted by molar-refractivity contribution is -0.119. The minimum atomic E-state index is -0.145. The van der Waals surface area contributed by atoms with Gasteiger partial charge in [-0.15, -0.1) is 11.3 Å². The van der Waals surface area contributed by atoms with Crippen molar-refractivity contribution in [3.63, 3.8) is 0 Å². The van der Waals surface area contributed by atoms with E-state index >= 15 is 0 Å². The maximum Gasteiger partial charge on any atom is 0.261 e. The Kier molecular flexibility index (Phi) is 6.08. The second-order valence-corrected chi connectivity index (χ2v) is 10.0. The fourth-order valence-corrected chi connectivity index (χ4v) is 5.80. The quantitative estimate of drug-likeness (QED) is 0.566. The number of hydrogen-bond acceptors (Lipinski definition) is 4. The summed E-state index contributed by atoms with van der Waals surface area (Å²) < 4.78 is 0.904. The maximum atomic E-state index is 12.7. The third kappa shape index (κ3) is 4.48. The van der Waals surface area contributed by atoms with E-state index < -0.39 is 0 Å². The molecule has 2 aliphatic rings. The minimum Gasteiger partial charge on any atom is -0.351 e. The average Bonchev–Trinajstić information content (AvgIpc) is 3.42. The number of nitrogens with one attached hydrogen (secondary N) is 1. The molecule has 0 radical (unpaired) electrons. The first-order valence-corrected chi connectivity index (χ1v) is 12.4. The van der Waals surface area contributed by atoms with E-state index in [1.165, 1.54) is 11.3 Å². The Labute approximate surface area is 201 Å². The van der Waals surface area contributed by atoms with E-state index in [0.717, 1.165) is 40.8 Å². The van der Waals surface area contributed by atoms with Gasteiger partial charge in [-0.3, -0.25) is 14.4 Å². The van der Waals surface area contributed by atoms with Gasteiger partial charge < -0.3 is 15.1 Å². The Morgan fingerprint density at radius 2 is 1.79 bits per heavy atom. The Hall–Kier alpha value is -2.90. The molecule has 0 aliphatic carbocycles. The van der Waals surface area contributed by atoms with Crippen LogP contribution in [0, 0.1) is 5.92 Å². The SMILES string of the molecule is O=C(NCC1CC(=O)N(c2ccc(N3CCCCC3=O)cc2)C1)c1cc2cccc(Cl)c2s1. The molecule has 5 rings (SSSR count). The molecule has 2 aromatic carbocycles. The zero-order valence-electron chi connectivity index (χ0n) is 18.1. The van der Waals surface area contributed by atoms with Crippen molar-refractivity contribution in [2.75, 3.05) is 29.4 Å². The summed E-state index contributed by atoms with van der Waals surface area (Å²) in [6.07, 6.45) is 2.95. The van der Waals surface area contributed by atoms with E-state index in [1.54, 1.807) is 4.90 Å². The highest BCUT2D eigenvalue weighted by Gasteiger charge is 2.31. The van der Waals surface area contributed by atoms with E-state index in [-0.39, 0.29) is 23.6 Å². The Balaban J connectivity index is 1.20. The third-order valence-electron chi connectivity index (χ3n) is 6.27. The van der Waals surface area contributed by atoms with Crippen LogP contribution < -0.4 is 15.1 Å². The summed E-state index contributed by atoms with van der Waals surface area (Å²) in [5.41, 5.74) is 1.70. The molecule has 6 nitrogen and oxygen atoms in total. The van der Waals surface area contributed by atoms with Crippen molar-refractivity contribution in [1.82, 2.24) is 5.32 Å². The highest BCUT2D eigenvalue weighted by molar-refractivity contribution is 7.21. The normalized spacial score (nSPS) is 18.9. The number of benzene rings is 2. The van der Waals surface area contributed by atoms with Crippen LogP contribution in [0.25, 0.3) is 10.1 Å². The largest absolute Gasteiger partial charge is 0.351 e. The molecule has 2 saturated heterocycles. The smallest absolute Gasteiger partial charge is 0.261 e. The number of fused-ring (bicyclic) bond motifs is 1. The molecule has 0 bridgehead atoms. The molecule has 3 amide bonds. The summed E-state index contributed by atoms with van der Waals surface area (Å²) in [5.74, 6) is 0.101. The number of piperidine rings is 1. The highest BCUT2D eigenvalue weighted by atomic mass is 35.5. The van der Waals surface area contributed by atoms with Crippen LogP contribution in [-0.2, 0) is 9.59 Å². The van der Waals surface area contributed by atoms with Crippen LogP contribution in [0.3, 0.4) is 0 Å². The van der Waals surface area contributed by atoms with Gasteiger partial charge in [-0.1, -0.05) is 23.7 Å². The van der Waals surface area contributed by atoms with Crippen LogP contribution in [0.15, 0.2) is 48.5 Å². The maximum absolute atomic E-state index is 12.7. The summed E-state index contributed by atoms with van der Waals surface area (Å²) >= 11 is 7.60. The molecule has 1 unspecified atom stereocenters. The number of carbonyl (C=O) groups is 3. The second-order valence-electron chi connectivity index (χ2n) is 8.57. The summed E-state index contributed by atoms with van der Waals surface area (Å²) in [6, 6.07) is 15.1. The molecular formula is C25H24ClN3O3S. The van der Waals surface area contributed by atoms with Crippen molar-refractivity contribution in [2.45, 2.75) is 25.7 Å². The number of halogens is 1. The van der Waals surface area contributed by atoms with E-state index in [9.17, 15) is 14.4 Å². The van der Waals surface area contributed by atoms with Crippen molar-refractivity contribution in [3.05, 3.63) is 58.4 Å². The molecular weight excluding hydrogens is 458 g/mol. The summed E-state index contributed by atoms with van der Waals surface area (Å²) in [6.45, 7) is 1.73. The molecule has 0 saturated carbocycles. The van der Waals surface area contributed by atoms with Crippen molar-refractivity contribution < 1.29 is 14.4 Å². The molecule has 170 valence electrons. The van der Waals surface area contributed by atoms with E-state index in [1.807, 2.05) is 53.4 Å². The molecule has 1 atom stereocenters. The zero-order valence-corrected chi connectivity index (χ0v) is 19.6. The first-order valence-electron chi connectivity index (χ1n) is 11.2. The summed E-state index contributed by atoms with van der Waals surface area (Å²) in [7, 11) is 0. The fourth-order valence-electron chi connectivity index (χ4n) is 4.52. The lowest BCUT2D eigenvalue weighted by Crippen LogP contribution is -2.35. The first kappa shape index (κ1) is 21.9. The molecule has 3 aromatic rings. The minimum absolute atomic E-state index is 0.0442. The monoisotopic (exact) mass is 481 g/mol. The second kappa shape index (κ2) is 9.15. The predicted octanol–water partition coefficient (Wildman–Crippen LogP) is 4.85. The van der Waals surface area contributed by atoms with Gasteiger partial charge in [0.25, 0.3) is 5.91 Å². The van der Waals surface area contributed by atoms with Crippen LogP contribution >= 0.6 is 22.9 Å². The Morgan fingerprint density at radius 1 is 1.03 bits per heavy atom. The van der Waals surface area contributed by atoms with Crippen LogP contribution in [0.5, 0.6) is 0 Å². The van der Waals surface area contributed by atoms with E-state index in [4.69, 9.17) is 11.6 Å². The summed E-state index contributed by atoms with van der Waals surface area (Å²) in [5, 5.41) is 4.57. The Bertz CT molecular complexity index is 1220. The topological polar surface area (TPSA) is 69.7 Å². The first-order chi connectivity index (χ1) is 16.0. The van der Waals surface area contributed by atoms with Gasteiger partial charge in [0.2, 0.25) is 11.8 Å². The molecule has 3 heterocycles. The number of amides is 3. The number of nitrogens with zero attached hydrogens (tertiary/aromatic N) is 2. The van der Waals surface area contributed by atoms with Crippen molar-refractivity contribution in [3.8, 4) is 0 Å². The van der Waals surface area contributed by atoms with Gasteiger partial charge in [0.05, 0.1) is 14.6 Å². The zero-order chi connectivity index (χ0) is 22.9. The molecule has 33 heavy (non-hydrogen) atoms. The van der Waals surface area contributed by atoms with Gasteiger partial charge in [0.1, 0.15) is 0 Å². The molecule has 1 N–H and O–H groups in total. The fraction of sp³-hybridized carbons (Fsp3) is 0.320. The van der Waals surface area contributed by atoms with Crippen molar-refractivity contribution >= 4 is 62.1 Å². The van der Waals surface area contributed by atoms with Crippen LogP contribution in [-0.4, -0.2) is 37.4 Å². The number of anilines is 2. The van der Waals surface area contributed by atoms with E-state index in [0.29, 0.717) is 35.8 Å². The van der Waals surface area contributed by atoms with Crippen LogP contribution in [0.4, 0.5) is 11.4 Å². The molecule has 2 aliphatic heterocycles. The van der Waals surface area contributed by atoms with Crippen molar-refractivity contribution in [2.24, 2.45) is 5.92 Å². The molecule has 0 spiro atoms. The van der Waals surface area contributed by atoms with Gasteiger partial charge >= 0.3 is 0 Å². The van der Waals surface area contributed by atoms with Crippen molar-refractivity contribution in [1.29, 1.82) is 0 Å². The molecule has 8 heteroatoms. The highest BCUT2D eigenvalue weighted by Crippen LogP contribution is 2.32. The van der Waals surface area contributed by atoms with Gasteiger partial charge in [0, 0.05) is 49.8 Å². The lowest BCUT2D eigenvalue weighted by Gasteiger charge is -2.27. The van der Waals surface area contributed by atoms with Gasteiger partial charge in [0.15, 0.2) is 0 Å². The Morgan fingerprint density at radius 3 is 2.52 bits per heavy atom. The number of carbonyl (C=O) groups excluding carboxylic acids is 3. The number of thiophene rings is 1. The van der Waals surface area contributed by atoms with E-state index in [2.05, 4.69) is 5.32 Å². The predicted molar refractivity (Wildman–Crippen MR) is 132 cm³/mol. The standard InChI is InChI=1S/C25H24ClN3O3S/c26-20-5-3-4-17-13-21(33-24(17)20)25(32)27-14-16-12-23(31)29(15-16)19-9-7-18(8-10-19)28-11-2-1-6-22(28)30/h3-5,7-10,13,16H,1-2,6,11-12,14-15H2,(H,27,32). The van der Waals surface area contributed by atoms with Gasteiger partial charge in [-0.25, -0.2) is 0 Å². The molecule has 1 aromatic heterocycles. The van der Waals surface area contributed by atoms with Gasteiger partial charge in [-0.2, -0.15) is 0 Å². The van der Waals surface area contributed by atoms with Crippen LogP contribution in [0.1, 0.15) is 35.4 Å². The number of rotatable bonds is 5.